The Hall–Kier alpha value is -1.68. The second kappa shape index (κ2) is 5.53. The van der Waals surface area contributed by atoms with Crippen LogP contribution < -0.4 is 5.32 Å². The lowest BCUT2D eigenvalue weighted by molar-refractivity contribution is 0.608. The quantitative estimate of drug-likeness (QED) is 0.868. The summed E-state index contributed by atoms with van der Waals surface area (Å²) in [6.07, 6.45) is 0. The molecule has 0 aliphatic carbocycles. The first kappa shape index (κ1) is 13.7. The normalized spacial score (nSPS) is 10.6. The molecule has 100 valence electrons. The first-order chi connectivity index (χ1) is 8.95. The monoisotopic (exact) mass is 279 g/mol. The lowest BCUT2D eigenvalue weighted by Gasteiger charge is -2.09. The van der Waals surface area contributed by atoms with Crippen molar-refractivity contribution in [1.29, 1.82) is 0 Å². The number of anilines is 1. The molecule has 19 heavy (non-hydrogen) atoms. The van der Waals surface area contributed by atoms with Crippen LogP contribution in [0, 0.1) is 26.6 Å². The third kappa shape index (κ3) is 3.41. The molecule has 0 bridgehead atoms. The summed E-state index contributed by atoms with van der Waals surface area (Å²) >= 11 is 5.86. The molecule has 0 atom stereocenters. The lowest BCUT2D eigenvalue weighted by Crippen LogP contribution is -2.04. The van der Waals surface area contributed by atoms with E-state index in [4.69, 9.17) is 11.6 Å². The number of benzene rings is 1. The van der Waals surface area contributed by atoms with Gasteiger partial charge in [-0.05, 0) is 37.5 Å². The summed E-state index contributed by atoms with van der Waals surface area (Å²) in [6.45, 7) is 5.87. The minimum Gasteiger partial charge on any atom is -0.366 e. The summed E-state index contributed by atoms with van der Waals surface area (Å²) in [5, 5.41) is 3.56. The molecule has 0 aliphatic rings. The third-order valence-corrected chi connectivity index (χ3v) is 2.97. The molecule has 1 heterocycles. The van der Waals surface area contributed by atoms with Gasteiger partial charge in [0.1, 0.15) is 22.6 Å². The predicted octanol–water partition coefficient (Wildman–Crippen LogP) is 3.81. The number of nitrogens with zero attached hydrogens (tertiary/aromatic N) is 2. The van der Waals surface area contributed by atoms with Gasteiger partial charge in [0.05, 0.1) is 0 Å². The minimum absolute atomic E-state index is 0.148. The second-order valence-electron chi connectivity index (χ2n) is 4.52. The van der Waals surface area contributed by atoms with Gasteiger partial charge in [0.15, 0.2) is 0 Å². The van der Waals surface area contributed by atoms with Crippen LogP contribution in [0.25, 0.3) is 0 Å². The summed E-state index contributed by atoms with van der Waals surface area (Å²) in [4.78, 5) is 8.22. The molecule has 1 N–H and O–H groups in total. The Morgan fingerprint density at radius 1 is 1.11 bits per heavy atom. The fourth-order valence-corrected chi connectivity index (χ4v) is 2.18. The summed E-state index contributed by atoms with van der Waals surface area (Å²) in [6, 6.07) is 5.31. The van der Waals surface area contributed by atoms with Crippen molar-refractivity contribution < 1.29 is 4.39 Å². The van der Waals surface area contributed by atoms with Crippen molar-refractivity contribution in [2.75, 3.05) is 5.32 Å². The summed E-state index contributed by atoms with van der Waals surface area (Å²) in [7, 11) is 0. The molecular formula is C14H15ClFN3. The second-order valence-corrected chi connectivity index (χ2v) is 4.91. The van der Waals surface area contributed by atoms with E-state index in [2.05, 4.69) is 15.3 Å². The number of rotatable bonds is 3. The topological polar surface area (TPSA) is 37.8 Å². The number of nitrogens with one attached hydrogen (secondary N) is 1. The van der Waals surface area contributed by atoms with Gasteiger partial charge < -0.3 is 5.32 Å². The van der Waals surface area contributed by atoms with Crippen molar-refractivity contribution in [2.24, 2.45) is 0 Å². The first-order valence-corrected chi connectivity index (χ1v) is 6.34. The molecule has 1 aromatic heterocycles. The fourth-order valence-electron chi connectivity index (χ4n) is 1.95. The number of hydrogen-bond donors (Lipinski definition) is 1. The van der Waals surface area contributed by atoms with E-state index in [0.717, 1.165) is 5.56 Å². The van der Waals surface area contributed by atoms with Crippen LogP contribution in [-0.4, -0.2) is 9.97 Å². The van der Waals surface area contributed by atoms with Crippen LogP contribution in [0.5, 0.6) is 0 Å². The Labute approximate surface area is 116 Å². The maximum Gasteiger partial charge on any atom is 0.134 e. The van der Waals surface area contributed by atoms with Gasteiger partial charge in [-0.15, -0.1) is 0 Å². The highest BCUT2D eigenvalue weighted by atomic mass is 35.5. The van der Waals surface area contributed by atoms with Crippen molar-refractivity contribution in [2.45, 2.75) is 27.3 Å². The van der Waals surface area contributed by atoms with Crippen molar-refractivity contribution >= 4 is 17.4 Å². The Kier molecular flexibility index (Phi) is 4.00. The van der Waals surface area contributed by atoms with E-state index in [9.17, 15) is 4.39 Å². The maximum absolute atomic E-state index is 13.5. The van der Waals surface area contributed by atoms with Crippen molar-refractivity contribution in [3.05, 3.63) is 51.7 Å². The lowest BCUT2D eigenvalue weighted by atomic mass is 10.1. The molecule has 3 nitrogen and oxygen atoms in total. The Bertz CT molecular complexity index is 570. The zero-order valence-electron chi connectivity index (χ0n) is 11.1. The number of aromatic nitrogens is 2. The average molecular weight is 280 g/mol. The third-order valence-electron chi connectivity index (χ3n) is 2.78. The molecule has 0 saturated carbocycles. The van der Waals surface area contributed by atoms with E-state index in [1.807, 2.05) is 12.1 Å². The van der Waals surface area contributed by atoms with Crippen LogP contribution in [0.15, 0.2) is 18.2 Å². The highest BCUT2D eigenvalue weighted by molar-refractivity contribution is 6.29. The fraction of sp³-hybridized carbons (Fsp3) is 0.286. The van der Waals surface area contributed by atoms with Crippen LogP contribution in [0.4, 0.5) is 10.2 Å². The summed E-state index contributed by atoms with van der Waals surface area (Å²) < 4.78 is 13.5. The Morgan fingerprint density at radius 2 is 1.74 bits per heavy atom. The molecule has 0 saturated heterocycles. The van der Waals surface area contributed by atoms with Gasteiger partial charge in [-0.3, -0.25) is 0 Å². The number of aryl methyl sites for hydroxylation is 3. The molecular weight excluding hydrogens is 265 g/mol. The SMILES string of the molecule is Cc1nc(Cl)cc(NCc2cc(C)c(F)c(C)c2)n1. The number of halogens is 2. The van der Waals surface area contributed by atoms with Crippen LogP contribution >= 0.6 is 11.6 Å². The van der Waals surface area contributed by atoms with E-state index >= 15 is 0 Å². The van der Waals surface area contributed by atoms with E-state index in [0.29, 0.717) is 34.5 Å². The molecule has 0 aliphatic heterocycles. The van der Waals surface area contributed by atoms with Gasteiger partial charge in [0, 0.05) is 12.6 Å². The minimum atomic E-state index is -0.148. The van der Waals surface area contributed by atoms with E-state index in [1.54, 1.807) is 26.8 Å². The van der Waals surface area contributed by atoms with Gasteiger partial charge in [0.2, 0.25) is 0 Å². The molecule has 0 amide bonds. The predicted molar refractivity (Wildman–Crippen MR) is 75.0 cm³/mol. The van der Waals surface area contributed by atoms with Gasteiger partial charge in [0.25, 0.3) is 0 Å². The largest absolute Gasteiger partial charge is 0.366 e. The summed E-state index contributed by atoms with van der Waals surface area (Å²) in [5.41, 5.74) is 2.30. The van der Waals surface area contributed by atoms with Crippen molar-refractivity contribution in [3.63, 3.8) is 0 Å². The molecule has 0 radical (unpaired) electrons. The first-order valence-electron chi connectivity index (χ1n) is 5.96. The van der Waals surface area contributed by atoms with Gasteiger partial charge in [-0.25, -0.2) is 14.4 Å². The molecule has 2 aromatic rings. The van der Waals surface area contributed by atoms with Gasteiger partial charge in [-0.1, -0.05) is 23.7 Å². The standard InChI is InChI=1S/C14H15ClFN3/c1-8-4-11(5-9(2)14(8)16)7-17-13-6-12(15)18-10(3)19-13/h4-6H,7H2,1-3H3,(H,17,18,19). The molecule has 0 spiro atoms. The summed E-state index contributed by atoms with van der Waals surface area (Å²) in [5.74, 6) is 1.13. The van der Waals surface area contributed by atoms with E-state index in [-0.39, 0.29) is 5.82 Å². The van der Waals surface area contributed by atoms with Crippen LogP contribution in [-0.2, 0) is 6.54 Å². The molecule has 1 aromatic carbocycles. The van der Waals surface area contributed by atoms with Crippen molar-refractivity contribution in [3.8, 4) is 0 Å². The molecule has 5 heteroatoms. The number of hydrogen-bond acceptors (Lipinski definition) is 3. The van der Waals surface area contributed by atoms with E-state index in [1.165, 1.54) is 0 Å². The molecule has 2 rings (SSSR count). The van der Waals surface area contributed by atoms with Gasteiger partial charge >= 0.3 is 0 Å². The van der Waals surface area contributed by atoms with Crippen LogP contribution in [0.1, 0.15) is 22.5 Å². The van der Waals surface area contributed by atoms with Gasteiger partial charge in [-0.2, -0.15) is 0 Å². The highest BCUT2D eigenvalue weighted by Gasteiger charge is 2.05. The Morgan fingerprint density at radius 3 is 2.32 bits per heavy atom. The zero-order chi connectivity index (χ0) is 14.0. The van der Waals surface area contributed by atoms with E-state index < -0.39 is 0 Å². The average Bonchev–Trinajstić information content (AvgIpc) is 2.32. The van der Waals surface area contributed by atoms with Crippen LogP contribution in [0.3, 0.4) is 0 Å². The molecule has 0 fully saturated rings. The molecule has 0 unspecified atom stereocenters. The Balaban J connectivity index is 2.14. The smallest absolute Gasteiger partial charge is 0.134 e. The zero-order valence-corrected chi connectivity index (χ0v) is 11.8. The highest BCUT2D eigenvalue weighted by Crippen LogP contribution is 2.17. The van der Waals surface area contributed by atoms with Crippen LogP contribution in [0.2, 0.25) is 5.15 Å². The maximum atomic E-state index is 13.5. The van der Waals surface area contributed by atoms with Crippen molar-refractivity contribution in [1.82, 2.24) is 9.97 Å².